The molecule has 2 atom stereocenters. The number of benzene rings is 2. The van der Waals surface area contributed by atoms with Crippen molar-refractivity contribution in [1.82, 2.24) is 10.2 Å². The van der Waals surface area contributed by atoms with Gasteiger partial charge >= 0.3 is 0 Å². The summed E-state index contributed by atoms with van der Waals surface area (Å²) in [6, 6.07) is 16.1. The average molecular weight is 441 g/mol. The fourth-order valence-electron chi connectivity index (χ4n) is 3.40. The van der Waals surface area contributed by atoms with Crippen LogP contribution in [-0.4, -0.2) is 34.6 Å². The van der Waals surface area contributed by atoms with Crippen molar-refractivity contribution in [3.05, 3.63) is 65.2 Å². The van der Waals surface area contributed by atoms with Crippen LogP contribution in [0, 0.1) is 13.8 Å². The molecule has 31 heavy (non-hydrogen) atoms. The number of nitrogens with one attached hydrogen (secondary N) is 1. The number of hydrogen-bond donors (Lipinski definition) is 1. The lowest BCUT2D eigenvalue weighted by Gasteiger charge is -2.31. The lowest BCUT2D eigenvalue weighted by Crippen LogP contribution is -2.50. The fraction of sp³-hybridized carbons (Fsp3) is 0.462. The van der Waals surface area contributed by atoms with E-state index in [-0.39, 0.29) is 17.9 Å². The Labute approximate surface area is 191 Å². The van der Waals surface area contributed by atoms with Crippen LogP contribution in [0.15, 0.2) is 53.4 Å². The van der Waals surface area contributed by atoms with E-state index in [1.807, 2.05) is 45.9 Å². The monoisotopic (exact) mass is 440 g/mol. The Hall–Kier alpha value is -2.27. The summed E-state index contributed by atoms with van der Waals surface area (Å²) in [5.74, 6) is 0.645. The zero-order valence-electron chi connectivity index (χ0n) is 19.5. The van der Waals surface area contributed by atoms with Gasteiger partial charge in [0.25, 0.3) is 0 Å². The molecule has 2 amide bonds. The highest BCUT2D eigenvalue weighted by Gasteiger charge is 2.29. The highest BCUT2D eigenvalue weighted by atomic mass is 32.2. The van der Waals surface area contributed by atoms with Crippen molar-refractivity contribution < 1.29 is 9.59 Å². The van der Waals surface area contributed by atoms with Gasteiger partial charge in [0.2, 0.25) is 11.8 Å². The standard InChI is InChI=1S/C26H36N2O2S/c1-6-21(5)27-26(30)24(7-2)28(18-22-10-8-9-20(4)17-22)25(29)15-16-31-23-13-11-19(3)12-14-23/h8-14,17,21,24H,6-7,15-16,18H2,1-5H3,(H,27,30)/t21-,24-/m1/s1. The molecule has 2 aromatic rings. The van der Waals surface area contributed by atoms with Gasteiger partial charge in [-0.1, -0.05) is 61.4 Å². The van der Waals surface area contributed by atoms with Gasteiger partial charge in [-0.3, -0.25) is 9.59 Å². The van der Waals surface area contributed by atoms with E-state index in [1.165, 1.54) is 5.56 Å². The van der Waals surface area contributed by atoms with E-state index in [9.17, 15) is 9.59 Å². The molecule has 0 saturated carbocycles. The van der Waals surface area contributed by atoms with Crippen molar-refractivity contribution in [2.45, 2.75) is 77.4 Å². The van der Waals surface area contributed by atoms with Crippen molar-refractivity contribution in [2.75, 3.05) is 5.75 Å². The first kappa shape index (κ1) is 25.0. The summed E-state index contributed by atoms with van der Waals surface area (Å²) in [4.78, 5) is 29.2. The quantitative estimate of drug-likeness (QED) is 0.469. The van der Waals surface area contributed by atoms with E-state index in [0.29, 0.717) is 25.1 Å². The topological polar surface area (TPSA) is 49.4 Å². The molecule has 0 aromatic heterocycles. The molecule has 0 aliphatic rings. The molecule has 0 aliphatic heterocycles. The van der Waals surface area contributed by atoms with Gasteiger partial charge < -0.3 is 10.2 Å². The maximum absolute atomic E-state index is 13.3. The molecule has 0 radical (unpaired) electrons. The molecule has 4 nitrogen and oxygen atoms in total. The van der Waals surface area contributed by atoms with Gasteiger partial charge in [-0.05, 0) is 51.3 Å². The second-order valence-electron chi connectivity index (χ2n) is 8.16. The third-order valence-corrected chi connectivity index (χ3v) is 6.44. The maximum atomic E-state index is 13.3. The lowest BCUT2D eigenvalue weighted by atomic mass is 10.1. The SMILES string of the molecule is CC[C@@H](C)NC(=O)[C@@H](CC)N(Cc1cccc(C)c1)C(=O)CCSc1ccc(C)cc1. The third-order valence-electron chi connectivity index (χ3n) is 5.43. The number of thioether (sulfide) groups is 1. The minimum Gasteiger partial charge on any atom is -0.352 e. The number of nitrogens with zero attached hydrogens (tertiary/aromatic N) is 1. The van der Waals surface area contributed by atoms with Crippen molar-refractivity contribution >= 4 is 23.6 Å². The van der Waals surface area contributed by atoms with Gasteiger partial charge in [-0.2, -0.15) is 0 Å². The summed E-state index contributed by atoms with van der Waals surface area (Å²) >= 11 is 1.68. The Kier molecular flexibility index (Phi) is 10.1. The first-order valence-corrected chi connectivity index (χ1v) is 12.2. The Morgan fingerprint density at radius 2 is 1.71 bits per heavy atom. The summed E-state index contributed by atoms with van der Waals surface area (Å²) in [6.45, 7) is 10.6. The van der Waals surface area contributed by atoms with Gasteiger partial charge in [-0.25, -0.2) is 0 Å². The molecule has 168 valence electrons. The number of aryl methyl sites for hydroxylation is 2. The van der Waals surface area contributed by atoms with Gasteiger partial charge in [0.1, 0.15) is 6.04 Å². The van der Waals surface area contributed by atoms with E-state index in [1.54, 1.807) is 16.7 Å². The minimum absolute atomic E-state index is 0.0206. The summed E-state index contributed by atoms with van der Waals surface area (Å²) in [6.07, 6.45) is 1.85. The average Bonchev–Trinajstić information content (AvgIpc) is 2.74. The van der Waals surface area contributed by atoms with Crippen molar-refractivity contribution in [3.8, 4) is 0 Å². The van der Waals surface area contributed by atoms with Crippen LogP contribution in [0.2, 0.25) is 0 Å². The Balaban J connectivity index is 2.13. The first-order valence-electron chi connectivity index (χ1n) is 11.2. The number of amides is 2. The normalized spacial score (nSPS) is 12.8. The molecule has 0 bridgehead atoms. The lowest BCUT2D eigenvalue weighted by molar-refractivity contribution is -0.141. The molecule has 0 heterocycles. The van der Waals surface area contributed by atoms with Gasteiger partial charge in [0.05, 0.1) is 0 Å². The molecular formula is C26H36N2O2S. The molecule has 0 unspecified atom stereocenters. The smallest absolute Gasteiger partial charge is 0.243 e. The highest BCUT2D eigenvalue weighted by Crippen LogP contribution is 2.21. The van der Waals surface area contributed by atoms with E-state index >= 15 is 0 Å². The molecule has 2 aromatic carbocycles. The largest absolute Gasteiger partial charge is 0.352 e. The van der Waals surface area contributed by atoms with Crippen LogP contribution in [-0.2, 0) is 16.1 Å². The predicted molar refractivity (Wildman–Crippen MR) is 130 cm³/mol. The van der Waals surface area contributed by atoms with Crippen molar-refractivity contribution in [1.29, 1.82) is 0 Å². The maximum Gasteiger partial charge on any atom is 0.243 e. The molecule has 5 heteroatoms. The molecule has 0 saturated heterocycles. The predicted octanol–water partition coefficient (Wildman–Crippen LogP) is 5.51. The highest BCUT2D eigenvalue weighted by molar-refractivity contribution is 7.99. The van der Waals surface area contributed by atoms with E-state index in [4.69, 9.17) is 0 Å². The number of hydrogen-bond acceptors (Lipinski definition) is 3. The van der Waals surface area contributed by atoms with Gasteiger partial charge in [-0.15, -0.1) is 11.8 Å². The molecular weight excluding hydrogens is 404 g/mol. The summed E-state index contributed by atoms with van der Waals surface area (Å²) in [5, 5.41) is 3.06. The van der Waals surface area contributed by atoms with E-state index in [2.05, 4.69) is 42.6 Å². The summed E-state index contributed by atoms with van der Waals surface area (Å²) < 4.78 is 0. The Morgan fingerprint density at radius 1 is 1.00 bits per heavy atom. The number of carbonyl (C=O) groups excluding carboxylic acids is 2. The van der Waals surface area contributed by atoms with Crippen LogP contribution < -0.4 is 5.32 Å². The number of carbonyl (C=O) groups is 2. The summed E-state index contributed by atoms with van der Waals surface area (Å²) in [5.41, 5.74) is 3.43. The molecule has 0 spiro atoms. The van der Waals surface area contributed by atoms with Crippen LogP contribution >= 0.6 is 11.8 Å². The molecule has 1 N–H and O–H groups in total. The fourth-order valence-corrected chi connectivity index (χ4v) is 4.24. The van der Waals surface area contributed by atoms with E-state index < -0.39 is 6.04 Å². The van der Waals surface area contributed by atoms with Crippen molar-refractivity contribution in [3.63, 3.8) is 0 Å². The van der Waals surface area contributed by atoms with Crippen LogP contribution in [0.3, 0.4) is 0 Å². The zero-order valence-corrected chi connectivity index (χ0v) is 20.3. The van der Waals surface area contributed by atoms with Gasteiger partial charge in [0.15, 0.2) is 0 Å². The second-order valence-corrected chi connectivity index (χ2v) is 9.33. The van der Waals surface area contributed by atoms with Crippen LogP contribution in [0.25, 0.3) is 0 Å². The first-order chi connectivity index (χ1) is 14.8. The minimum atomic E-state index is -0.466. The summed E-state index contributed by atoms with van der Waals surface area (Å²) in [7, 11) is 0. The third kappa shape index (κ3) is 8.06. The van der Waals surface area contributed by atoms with Crippen LogP contribution in [0.1, 0.15) is 56.7 Å². The molecule has 0 aliphatic carbocycles. The van der Waals surface area contributed by atoms with Crippen molar-refractivity contribution in [2.24, 2.45) is 0 Å². The molecule has 2 rings (SSSR count). The zero-order chi connectivity index (χ0) is 22.8. The number of rotatable bonds is 11. The van der Waals surface area contributed by atoms with Crippen LogP contribution in [0.4, 0.5) is 0 Å². The second kappa shape index (κ2) is 12.6. The Bertz CT molecular complexity index is 851. The molecule has 0 fully saturated rings. The van der Waals surface area contributed by atoms with E-state index in [0.717, 1.165) is 22.4 Å². The van der Waals surface area contributed by atoms with Gasteiger partial charge in [0, 0.05) is 29.7 Å². The Morgan fingerprint density at radius 3 is 2.32 bits per heavy atom. The van der Waals surface area contributed by atoms with Crippen LogP contribution in [0.5, 0.6) is 0 Å².